The van der Waals surface area contributed by atoms with Crippen LogP contribution < -0.4 is 10.1 Å². The van der Waals surface area contributed by atoms with E-state index in [4.69, 9.17) is 4.74 Å². The zero-order valence-corrected chi connectivity index (χ0v) is 13.0. The van der Waals surface area contributed by atoms with Gasteiger partial charge in [0.05, 0.1) is 6.61 Å². The number of carbonyl (C=O) groups excluding carboxylic acids is 1. The fourth-order valence-electron chi connectivity index (χ4n) is 2.85. The largest absolute Gasteiger partial charge is 0.494 e. The molecule has 1 aromatic carbocycles. The molecule has 116 valence electrons. The molecule has 3 rings (SSSR count). The van der Waals surface area contributed by atoms with Gasteiger partial charge in [-0.15, -0.1) is 0 Å². The smallest absolute Gasteiger partial charge is 0.226 e. The number of rotatable bonds is 5. The Balaban J connectivity index is 1.82. The highest BCUT2D eigenvalue weighted by molar-refractivity contribution is 5.94. The average Bonchev–Trinajstić information content (AvgIpc) is 2.89. The van der Waals surface area contributed by atoms with E-state index in [1.807, 2.05) is 31.2 Å². The molecule has 2 N–H and O–H groups in total. The summed E-state index contributed by atoms with van der Waals surface area (Å²) in [5, 5.41) is 9.94. The number of anilines is 1. The number of aromatic nitrogens is 2. The van der Waals surface area contributed by atoms with Crippen molar-refractivity contribution in [2.45, 2.75) is 39.0 Å². The van der Waals surface area contributed by atoms with E-state index in [0.717, 1.165) is 42.0 Å². The lowest BCUT2D eigenvalue weighted by Crippen LogP contribution is -2.23. The number of aryl methyl sites for hydroxylation is 1. The molecule has 0 saturated carbocycles. The summed E-state index contributed by atoms with van der Waals surface area (Å²) in [5.41, 5.74) is 3.20. The number of unbranched alkanes of at least 4 members (excludes halogenated alkanes) is 1. The molecule has 0 saturated heterocycles. The van der Waals surface area contributed by atoms with Crippen molar-refractivity contribution in [2.75, 3.05) is 11.9 Å². The van der Waals surface area contributed by atoms with Crippen LogP contribution in [0.2, 0.25) is 0 Å². The molecule has 1 unspecified atom stereocenters. The van der Waals surface area contributed by atoms with Crippen LogP contribution >= 0.6 is 0 Å². The van der Waals surface area contributed by atoms with Crippen LogP contribution in [0.15, 0.2) is 24.3 Å². The van der Waals surface area contributed by atoms with Gasteiger partial charge in [-0.1, -0.05) is 25.5 Å². The van der Waals surface area contributed by atoms with Crippen LogP contribution in [0.5, 0.6) is 5.75 Å². The first-order valence-corrected chi connectivity index (χ1v) is 7.76. The monoisotopic (exact) mass is 299 g/mol. The third-order valence-electron chi connectivity index (χ3n) is 4.04. The quantitative estimate of drug-likeness (QED) is 0.832. The Morgan fingerprint density at radius 3 is 2.82 bits per heavy atom. The first kappa shape index (κ1) is 14.6. The summed E-state index contributed by atoms with van der Waals surface area (Å²) >= 11 is 0. The number of H-pyrrole nitrogens is 1. The number of hydrogen-bond donors (Lipinski definition) is 2. The summed E-state index contributed by atoms with van der Waals surface area (Å²) in [6, 6.07) is 8.04. The molecule has 1 atom stereocenters. The van der Waals surface area contributed by atoms with Crippen LogP contribution in [-0.4, -0.2) is 22.7 Å². The van der Waals surface area contributed by atoms with E-state index in [1.165, 1.54) is 0 Å². The fourth-order valence-corrected chi connectivity index (χ4v) is 2.85. The third-order valence-corrected chi connectivity index (χ3v) is 4.04. The molecule has 5 heteroatoms. The Morgan fingerprint density at radius 2 is 2.09 bits per heavy atom. The minimum absolute atomic E-state index is 0.00673. The topological polar surface area (TPSA) is 67.0 Å². The van der Waals surface area contributed by atoms with Crippen LogP contribution in [-0.2, 0) is 4.79 Å². The standard InChI is InChI=1S/C17H21N3O2/c1-3-4-9-22-13-7-5-12(6-8-13)14-10-15(21)18-17-16(14)11(2)19-20-17/h5-8,14H,3-4,9-10H2,1-2H3,(H2,18,19,20,21). The van der Waals surface area contributed by atoms with Crippen molar-refractivity contribution in [3.8, 4) is 5.75 Å². The van der Waals surface area contributed by atoms with E-state index in [9.17, 15) is 4.79 Å². The normalized spacial score (nSPS) is 17.0. The lowest BCUT2D eigenvalue weighted by molar-refractivity contribution is -0.116. The zero-order chi connectivity index (χ0) is 15.5. The van der Waals surface area contributed by atoms with Crippen molar-refractivity contribution in [3.05, 3.63) is 41.1 Å². The van der Waals surface area contributed by atoms with Gasteiger partial charge in [0.2, 0.25) is 5.91 Å². The van der Waals surface area contributed by atoms with Gasteiger partial charge in [-0.2, -0.15) is 5.10 Å². The highest BCUT2D eigenvalue weighted by atomic mass is 16.5. The summed E-state index contributed by atoms with van der Waals surface area (Å²) in [6.45, 7) is 4.87. The summed E-state index contributed by atoms with van der Waals surface area (Å²) in [7, 11) is 0. The predicted molar refractivity (Wildman–Crippen MR) is 85.3 cm³/mol. The van der Waals surface area contributed by atoms with Crippen molar-refractivity contribution in [1.29, 1.82) is 0 Å². The Morgan fingerprint density at radius 1 is 1.32 bits per heavy atom. The summed E-state index contributed by atoms with van der Waals surface area (Å²) in [6.07, 6.45) is 2.63. The molecule has 0 fully saturated rings. The van der Waals surface area contributed by atoms with Gasteiger partial charge in [-0.25, -0.2) is 0 Å². The Kier molecular flexibility index (Phi) is 4.13. The van der Waals surface area contributed by atoms with Crippen LogP contribution in [0.3, 0.4) is 0 Å². The molecule has 0 bridgehead atoms. The van der Waals surface area contributed by atoms with Gasteiger partial charge in [0, 0.05) is 23.6 Å². The maximum Gasteiger partial charge on any atom is 0.226 e. The molecule has 0 aliphatic carbocycles. The van der Waals surface area contributed by atoms with Gasteiger partial charge in [0.25, 0.3) is 0 Å². The first-order chi connectivity index (χ1) is 10.7. The van der Waals surface area contributed by atoms with E-state index < -0.39 is 0 Å². The van der Waals surface area contributed by atoms with E-state index in [1.54, 1.807) is 0 Å². The van der Waals surface area contributed by atoms with Crippen molar-refractivity contribution >= 4 is 11.7 Å². The van der Waals surface area contributed by atoms with E-state index in [0.29, 0.717) is 12.2 Å². The van der Waals surface area contributed by atoms with Gasteiger partial charge in [0.15, 0.2) is 5.82 Å². The lowest BCUT2D eigenvalue weighted by Gasteiger charge is -2.23. The molecule has 2 aromatic rings. The van der Waals surface area contributed by atoms with Crippen molar-refractivity contribution < 1.29 is 9.53 Å². The summed E-state index contributed by atoms with van der Waals surface area (Å²) in [4.78, 5) is 11.9. The number of nitrogens with one attached hydrogen (secondary N) is 2. The molecule has 22 heavy (non-hydrogen) atoms. The minimum Gasteiger partial charge on any atom is -0.494 e. The second-order valence-corrected chi connectivity index (χ2v) is 5.69. The fraction of sp³-hybridized carbons (Fsp3) is 0.412. The van der Waals surface area contributed by atoms with Crippen LogP contribution in [0.1, 0.15) is 48.9 Å². The van der Waals surface area contributed by atoms with Crippen LogP contribution in [0.4, 0.5) is 5.82 Å². The molecular formula is C17H21N3O2. The van der Waals surface area contributed by atoms with Gasteiger partial charge in [0.1, 0.15) is 5.75 Å². The second kappa shape index (κ2) is 6.22. The number of benzene rings is 1. The molecule has 2 heterocycles. The Labute approximate surface area is 130 Å². The maximum absolute atomic E-state index is 11.9. The SMILES string of the molecule is CCCCOc1ccc(C2CC(=O)Nc3n[nH]c(C)c32)cc1. The van der Waals surface area contributed by atoms with Crippen molar-refractivity contribution in [2.24, 2.45) is 0 Å². The van der Waals surface area contributed by atoms with Gasteiger partial charge >= 0.3 is 0 Å². The lowest BCUT2D eigenvalue weighted by atomic mass is 9.86. The number of nitrogens with zero attached hydrogens (tertiary/aromatic N) is 1. The van der Waals surface area contributed by atoms with Crippen molar-refractivity contribution in [1.82, 2.24) is 10.2 Å². The first-order valence-electron chi connectivity index (χ1n) is 7.76. The number of hydrogen-bond acceptors (Lipinski definition) is 3. The highest BCUT2D eigenvalue weighted by Gasteiger charge is 2.30. The molecule has 1 amide bonds. The van der Waals surface area contributed by atoms with E-state index in [2.05, 4.69) is 22.4 Å². The maximum atomic E-state index is 11.9. The number of fused-ring (bicyclic) bond motifs is 1. The van der Waals surface area contributed by atoms with E-state index >= 15 is 0 Å². The highest BCUT2D eigenvalue weighted by Crippen LogP contribution is 2.38. The third kappa shape index (κ3) is 2.84. The molecular weight excluding hydrogens is 278 g/mol. The van der Waals surface area contributed by atoms with Gasteiger partial charge in [-0.05, 0) is 31.0 Å². The number of carbonyl (C=O) groups is 1. The Bertz CT molecular complexity index is 661. The zero-order valence-electron chi connectivity index (χ0n) is 13.0. The molecule has 1 aliphatic heterocycles. The number of ether oxygens (including phenoxy) is 1. The predicted octanol–water partition coefficient (Wildman–Crippen LogP) is 3.37. The summed E-state index contributed by atoms with van der Waals surface area (Å²) < 4.78 is 5.69. The summed E-state index contributed by atoms with van der Waals surface area (Å²) in [5.74, 6) is 1.59. The number of aromatic amines is 1. The molecule has 1 aromatic heterocycles. The number of amides is 1. The van der Waals surface area contributed by atoms with E-state index in [-0.39, 0.29) is 11.8 Å². The molecule has 1 aliphatic rings. The second-order valence-electron chi connectivity index (χ2n) is 5.69. The van der Waals surface area contributed by atoms with Gasteiger partial charge < -0.3 is 10.1 Å². The van der Waals surface area contributed by atoms with Crippen LogP contribution in [0.25, 0.3) is 0 Å². The van der Waals surface area contributed by atoms with Gasteiger partial charge in [-0.3, -0.25) is 9.89 Å². The molecule has 0 radical (unpaired) electrons. The minimum atomic E-state index is 0.00673. The van der Waals surface area contributed by atoms with Crippen LogP contribution in [0, 0.1) is 6.92 Å². The molecule has 0 spiro atoms. The van der Waals surface area contributed by atoms with Crippen molar-refractivity contribution in [3.63, 3.8) is 0 Å². The Hall–Kier alpha value is -2.30. The molecule has 5 nitrogen and oxygen atoms in total. The average molecular weight is 299 g/mol.